The molecule has 0 fully saturated rings. The number of amides is 2. The molecule has 0 aromatic carbocycles. The van der Waals surface area contributed by atoms with Gasteiger partial charge in [0.05, 0.1) is 12.4 Å². The van der Waals surface area contributed by atoms with Crippen LogP contribution in [0.3, 0.4) is 0 Å². The molecule has 0 spiro atoms. The fourth-order valence-electron chi connectivity index (χ4n) is 1.36. The lowest BCUT2D eigenvalue weighted by Crippen LogP contribution is -2.27. The molecule has 0 unspecified atom stereocenters. The Labute approximate surface area is 114 Å². The van der Waals surface area contributed by atoms with Gasteiger partial charge in [0.15, 0.2) is 5.82 Å². The van der Waals surface area contributed by atoms with Gasteiger partial charge in [0.1, 0.15) is 12.4 Å². The van der Waals surface area contributed by atoms with Gasteiger partial charge in [-0.15, -0.1) is 5.10 Å². The number of nitrogens with zero attached hydrogens (tertiary/aromatic N) is 6. The third-order valence-corrected chi connectivity index (χ3v) is 2.36. The van der Waals surface area contributed by atoms with E-state index in [0.29, 0.717) is 0 Å². The van der Waals surface area contributed by atoms with Crippen molar-refractivity contribution in [3.63, 3.8) is 0 Å². The van der Waals surface area contributed by atoms with E-state index in [1.54, 1.807) is 14.1 Å². The second-order valence-corrected chi connectivity index (χ2v) is 4.15. The van der Waals surface area contributed by atoms with Crippen LogP contribution in [0.2, 0.25) is 0 Å². The van der Waals surface area contributed by atoms with Crippen LogP contribution in [0.1, 0.15) is 4.79 Å². The van der Waals surface area contributed by atoms with Crippen molar-refractivity contribution in [1.29, 1.82) is 0 Å². The Morgan fingerprint density at radius 1 is 1.40 bits per heavy atom. The number of carbonyl (C=O) groups is 2. The van der Waals surface area contributed by atoms with Gasteiger partial charge >= 0.3 is 6.03 Å². The minimum Gasteiger partial charge on any atom is -0.383 e. The minimum absolute atomic E-state index is 0.135. The zero-order chi connectivity index (χ0) is 14.7. The summed E-state index contributed by atoms with van der Waals surface area (Å²) in [6.45, 7) is -0.135. The second-order valence-electron chi connectivity index (χ2n) is 4.15. The zero-order valence-electron chi connectivity index (χ0n) is 11.0. The molecule has 106 valence electrons. The zero-order valence-corrected chi connectivity index (χ0v) is 11.0. The number of hydrogen-bond acceptors (Lipinski definition) is 6. The van der Waals surface area contributed by atoms with Gasteiger partial charge < -0.3 is 10.6 Å². The van der Waals surface area contributed by atoms with Gasteiger partial charge in [0.2, 0.25) is 0 Å². The summed E-state index contributed by atoms with van der Waals surface area (Å²) in [4.78, 5) is 25.8. The number of nitrogen functional groups attached to an aromatic ring is 1. The summed E-state index contributed by atoms with van der Waals surface area (Å²) in [7, 11) is 3.20. The van der Waals surface area contributed by atoms with Gasteiger partial charge in [-0.05, 0) is 0 Å². The van der Waals surface area contributed by atoms with E-state index in [1.807, 2.05) is 0 Å². The molecule has 10 heteroatoms. The highest BCUT2D eigenvalue weighted by Crippen LogP contribution is 2.03. The smallest absolute Gasteiger partial charge is 0.322 e. The van der Waals surface area contributed by atoms with Gasteiger partial charge in [0, 0.05) is 20.2 Å². The highest BCUT2D eigenvalue weighted by atomic mass is 16.2. The van der Waals surface area contributed by atoms with Crippen LogP contribution in [0.5, 0.6) is 0 Å². The van der Waals surface area contributed by atoms with Crippen molar-refractivity contribution < 1.29 is 9.59 Å². The van der Waals surface area contributed by atoms with E-state index < -0.39 is 0 Å². The lowest BCUT2D eigenvalue weighted by Gasteiger charge is -2.09. The van der Waals surface area contributed by atoms with Crippen LogP contribution in [-0.2, 0) is 6.54 Å². The summed E-state index contributed by atoms with van der Waals surface area (Å²) in [5.74, 6) is 0.113. The van der Waals surface area contributed by atoms with Gasteiger partial charge in [0.25, 0.3) is 5.91 Å². The second kappa shape index (κ2) is 5.38. The number of anilines is 2. The topological polar surface area (TPSA) is 124 Å². The molecule has 0 bridgehead atoms. The van der Waals surface area contributed by atoms with Crippen LogP contribution < -0.4 is 11.1 Å². The van der Waals surface area contributed by atoms with Crippen LogP contribution in [0, 0.1) is 0 Å². The average molecular weight is 278 g/mol. The van der Waals surface area contributed by atoms with Gasteiger partial charge in [-0.25, -0.2) is 4.79 Å². The van der Waals surface area contributed by atoms with Gasteiger partial charge in [-0.1, -0.05) is 0 Å². The molecule has 20 heavy (non-hydrogen) atoms. The van der Waals surface area contributed by atoms with E-state index in [2.05, 4.69) is 20.6 Å². The van der Waals surface area contributed by atoms with Gasteiger partial charge in [-0.2, -0.15) is 19.7 Å². The molecular formula is C10H14N8O2. The standard InChI is InChI=1S/C10H14N8O2/c1-16(2)10(20)14-8-5-13-17(15-8)6-9(19)18-7(11)3-4-12-18/h3-5H,6,11H2,1-2H3,(H,14,15,20). The maximum atomic E-state index is 11.9. The molecule has 0 aliphatic heterocycles. The number of nitrogens with one attached hydrogen (secondary N) is 1. The number of rotatable bonds is 3. The quantitative estimate of drug-likeness (QED) is 0.779. The Hall–Kier alpha value is -2.91. The average Bonchev–Trinajstić information content (AvgIpc) is 2.98. The normalized spacial score (nSPS) is 10.3. The molecule has 0 aliphatic rings. The maximum Gasteiger partial charge on any atom is 0.322 e. The van der Waals surface area contributed by atoms with E-state index >= 15 is 0 Å². The number of carbonyl (C=O) groups excluding carboxylic acids is 2. The van der Waals surface area contributed by atoms with Crippen LogP contribution >= 0.6 is 0 Å². The molecule has 0 saturated carbocycles. The fraction of sp³-hybridized carbons (Fsp3) is 0.300. The van der Waals surface area contributed by atoms with Crippen molar-refractivity contribution in [1.82, 2.24) is 29.7 Å². The number of nitrogens with two attached hydrogens (primary N) is 1. The lowest BCUT2D eigenvalue weighted by molar-refractivity contribution is 0.0867. The molecular weight excluding hydrogens is 264 g/mol. The predicted molar refractivity (Wildman–Crippen MR) is 70.0 cm³/mol. The van der Waals surface area contributed by atoms with Crippen LogP contribution in [0.15, 0.2) is 18.5 Å². The molecule has 2 aromatic heterocycles. The first-order valence-electron chi connectivity index (χ1n) is 5.68. The van der Waals surface area contributed by atoms with Crippen LogP contribution in [-0.4, -0.2) is 55.7 Å². The van der Waals surface area contributed by atoms with Crippen LogP contribution in [0.4, 0.5) is 16.4 Å². The van der Waals surface area contributed by atoms with Crippen molar-refractivity contribution in [2.24, 2.45) is 0 Å². The SMILES string of the molecule is CN(C)C(=O)Nc1cnn(CC(=O)n2nccc2N)n1. The first-order valence-corrected chi connectivity index (χ1v) is 5.68. The molecule has 2 aromatic rings. The molecule has 10 nitrogen and oxygen atoms in total. The summed E-state index contributed by atoms with van der Waals surface area (Å²) in [6.07, 6.45) is 2.77. The summed E-state index contributed by atoms with van der Waals surface area (Å²) >= 11 is 0. The fourth-order valence-corrected chi connectivity index (χ4v) is 1.36. The molecule has 2 amide bonds. The third-order valence-electron chi connectivity index (χ3n) is 2.36. The Morgan fingerprint density at radius 3 is 2.75 bits per heavy atom. The number of aromatic nitrogens is 5. The molecule has 0 radical (unpaired) electrons. The van der Waals surface area contributed by atoms with Crippen LogP contribution in [0.25, 0.3) is 0 Å². The molecule has 3 N–H and O–H groups in total. The van der Waals surface area contributed by atoms with E-state index in [-0.39, 0.29) is 30.1 Å². The molecule has 2 heterocycles. The Bertz CT molecular complexity index is 629. The molecule has 2 rings (SSSR count). The number of urea groups is 1. The summed E-state index contributed by atoms with van der Waals surface area (Å²) in [5, 5.41) is 14.1. The Balaban J connectivity index is 2.01. The monoisotopic (exact) mass is 278 g/mol. The molecule has 0 atom stereocenters. The summed E-state index contributed by atoms with van der Waals surface area (Å²) in [6, 6.07) is 1.18. The Kier molecular flexibility index (Phi) is 3.64. The number of hydrogen-bond donors (Lipinski definition) is 2. The van der Waals surface area contributed by atoms with Crippen molar-refractivity contribution in [3.05, 3.63) is 18.5 Å². The maximum absolute atomic E-state index is 11.9. The van der Waals surface area contributed by atoms with E-state index in [9.17, 15) is 9.59 Å². The largest absolute Gasteiger partial charge is 0.383 e. The predicted octanol–water partition coefficient (Wildman–Crippen LogP) is -0.509. The molecule has 0 aliphatic carbocycles. The molecule has 0 saturated heterocycles. The van der Waals surface area contributed by atoms with Crippen molar-refractivity contribution in [2.75, 3.05) is 25.1 Å². The van der Waals surface area contributed by atoms with Crippen molar-refractivity contribution in [2.45, 2.75) is 6.54 Å². The van der Waals surface area contributed by atoms with Crippen molar-refractivity contribution in [3.8, 4) is 0 Å². The van der Waals surface area contributed by atoms with E-state index in [1.165, 1.54) is 23.4 Å². The van der Waals surface area contributed by atoms with E-state index in [4.69, 9.17) is 5.73 Å². The first-order chi connectivity index (χ1) is 9.47. The minimum atomic E-state index is -0.381. The summed E-state index contributed by atoms with van der Waals surface area (Å²) < 4.78 is 1.06. The lowest BCUT2D eigenvalue weighted by atomic mass is 10.6. The highest BCUT2D eigenvalue weighted by molar-refractivity contribution is 5.87. The highest BCUT2D eigenvalue weighted by Gasteiger charge is 2.12. The third kappa shape index (κ3) is 2.91. The Morgan fingerprint density at radius 2 is 2.15 bits per heavy atom. The van der Waals surface area contributed by atoms with Gasteiger partial charge in [-0.3, -0.25) is 10.1 Å². The summed E-state index contributed by atoms with van der Waals surface area (Å²) in [5.41, 5.74) is 5.57. The van der Waals surface area contributed by atoms with E-state index in [0.717, 1.165) is 9.48 Å². The van der Waals surface area contributed by atoms with Crippen molar-refractivity contribution >= 4 is 23.6 Å². The first kappa shape index (κ1) is 13.5.